The molecule has 0 aromatic heterocycles. The van der Waals surface area contributed by atoms with Gasteiger partial charge in [0.2, 0.25) is 6.41 Å². The van der Waals surface area contributed by atoms with Gasteiger partial charge in [0, 0.05) is 0 Å². The maximum atomic E-state index is 10.7. The van der Waals surface area contributed by atoms with E-state index in [-0.39, 0.29) is 6.04 Å². The van der Waals surface area contributed by atoms with Crippen molar-refractivity contribution >= 4 is 6.41 Å². The summed E-state index contributed by atoms with van der Waals surface area (Å²) in [6.07, 6.45) is 1.33. The molecule has 1 amide bonds. The molecule has 15 heavy (non-hydrogen) atoms. The summed E-state index contributed by atoms with van der Waals surface area (Å²) in [6, 6.07) is 9.74. The Morgan fingerprint density at radius 2 is 2.13 bits per heavy atom. The van der Waals surface area contributed by atoms with E-state index in [1.165, 1.54) is 5.06 Å². The largest absolute Gasteiger partial charge is 0.276 e. The highest BCUT2D eigenvalue weighted by molar-refractivity contribution is 5.45. The second kappa shape index (κ2) is 6.19. The van der Waals surface area contributed by atoms with Crippen molar-refractivity contribution < 1.29 is 9.63 Å². The number of carbonyl (C=O) groups excluding carboxylic acids is 1. The summed E-state index contributed by atoms with van der Waals surface area (Å²) in [5, 5.41) is 1.31. The first kappa shape index (κ1) is 11.7. The third kappa shape index (κ3) is 3.72. The average Bonchev–Trinajstić information content (AvgIpc) is 2.31. The smallest absolute Gasteiger partial charge is 0.233 e. The molecule has 1 rings (SSSR count). The van der Waals surface area contributed by atoms with Crippen molar-refractivity contribution in [3.63, 3.8) is 0 Å². The molecule has 1 unspecified atom stereocenters. The van der Waals surface area contributed by atoms with E-state index in [0.717, 1.165) is 5.56 Å². The molecule has 0 saturated carbocycles. The van der Waals surface area contributed by atoms with E-state index < -0.39 is 0 Å². The Labute approximate surface area is 90.6 Å². The molecule has 0 aliphatic heterocycles. The van der Waals surface area contributed by atoms with Gasteiger partial charge in [0.25, 0.3) is 0 Å². The predicted octanol–water partition coefficient (Wildman–Crippen LogP) is 2.19. The van der Waals surface area contributed by atoms with Crippen LogP contribution in [0.25, 0.3) is 0 Å². The zero-order chi connectivity index (χ0) is 11.1. The number of benzene rings is 1. The minimum absolute atomic E-state index is 0.00575. The highest BCUT2D eigenvalue weighted by atomic mass is 16.7. The minimum Gasteiger partial charge on any atom is -0.276 e. The van der Waals surface area contributed by atoms with Crippen molar-refractivity contribution in [3.05, 3.63) is 42.8 Å². The first-order valence-corrected chi connectivity index (χ1v) is 4.97. The summed E-state index contributed by atoms with van der Waals surface area (Å²) in [4.78, 5) is 16.1. The lowest BCUT2D eigenvalue weighted by Crippen LogP contribution is -2.31. The van der Waals surface area contributed by atoms with Gasteiger partial charge in [-0.05, 0) is 18.9 Å². The van der Waals surface area contributed by atoms with Crippen LogP contribution in [0.4, 0.5) is 0 Å². The van der Waals surface area contributed by atoms with E-state index in [1.54, 1.807) is 0 Å². The number of hydrogen-bond donors (Lipinski definition) is 0. The van der Waals surface area contributed by atoms with Gasteiger partial charge in [0.1, 0.15) is 6.61 Å². The number of amides is 1. The van der Waals surface area contributed by atoms with E-state index in [4.69, 9.17) is 4.84 Å². The van der Waals surface area contributed by atoms with Crippen molar-refractivity contribution in [2.45, 2.75) is 26.0 Å². The molecule has 0 bridgehead atoms. The van der Waals surface area contributed by atoms with Crippen molar-refractivity contribution in [1.29, 1.82) is 0 Å². The van der Waals surface area contributed by atoms with Crippen LogP contribution in [0.2, 0.25) is 0 Å². The quantitative estimate of drug-likeness (QED) is 0.527. The van der Waals surface area contributed by atoms with Gasteiger partial charge in [-0.2, -0.15) is 0 Å². The summed E-state index contributed by atoms with van der Waals surface area (Å²) >= 11 is 0. The molecule has 81 valence electrons. The van der Waals surface area contributed by atoms with Gasteiger partial charge in [-0.1, -0.05) is 37.3 Å². The first-order chi connectivity index (χ1) is 7.27. The molecule has 0 heterocycles. The third-order valence-corrected chi connectivity index (χ3v) is 2.18. The fourth-order valence-electron chi connectivity index (χ4n) is 1.11. The van der Waals surface area contributed by atoms with E-state index >= 15 is 0 Å². The first-order valence-electron chi connectivity index (χ1n) is 4.97. The van der Waals surface area contributed by atoms with Crippen molar-refractivity contribution in [2.24, 2.45) is 0 Å². The molecule has 0 saturated heterocycles. The fraction of sp³-hybridized carbons (Fsp3) is 0.333. The Bertz CT molecular complexity index is 287. The monoisotopic (exact) mass is 206 g/mol. The Balaban J connectivity index is 2.44. The molecular weight excluding hydrogens is 190 g/mol. The van der Waals surface area contributed by atoms with E-state index in [1.807, 2.05) is 37.3 Å². The highest BCUT2D eigenvalue weighted by Crippen LogP contribution is 2.06. The van der Waals surface area contributed by atoms with Crippen molar-refractivity contribution in [3.8, 4) is 0 Å². The summed E-state index contributed by atoms with van der Waals surface area (Å²) in [7, 11) is 0. The molecule has 0 N–H and O–H groups in total. The van der Waals surface area contributed by atoms with Gasteiger partial charge in [-0.15, -0.1) is 0 Å². The van der Waals surface area contributed by atoms with E-state index in [0.29, 0.717) is 19.4 Å². The molecule has 1 aromatic rings. The number of carbonyl (C=O) groups is 1. The maximum Gasteiger partial charge on any atom is 0.233 e. The van der Waals surface area contributed by atoms with Crippen LogP contribution in [0.5, 0.6) is 0 Å². The highest BCUT2D eigenvalue weighted by Gasteiger charge is 2.09. The van der Waals surface area contributed by atoms with Crippen LogP contribution >= 0.6 is 0 Å². The van der Waals surface area contributed by atoms with Crippen LogP contribution in [0.1, 0.15) is 18.9 Å². The Kier molecular flexibility index (Phi) is 4.84. The van der Waals surface area contributed by atoms with Gasteiger partial charge >= 0.3 is 0 Å². The van der Waals surface area contributed by atoms with Gasteiger partial charge in [0.15, 0.2) is 0 Å². The number of rotatable bonds is 6. The molecule has 0 fully saturated rings. The predicted molar refractivity (Wildman–Crippen MR) is 58.6 cm³/mol. The van der Waals surface area contributed by atoms with Crippen LogP contribution in [-0.4, -0.2) is 17.5 Å². The third-order valence-electron chi connectivity index (χ3n) is 2.18. The lowest BCUT2D eigenvalue weighted by atomic mass is 10.2. The zero-order valence-corrected chi connectivity index (χ0v) is 8.93. The normalized spacial score (nSPS) is 12.1. The molecule has 0 aliphatic carbocycles. The summed E-state index contributed by atoms with van der Waals surface area (Å²) in [6.45, 7) is 6.03. The average molecular weight is 206 g/mol. The number of hydrogen-bond acceptors (Lipinski definition) is 2. The van der Waals surface area contributed by atoms with Gasteiger partial charge < -0.3 is 0 Å². The second-order valence-electron chi connectivity index (χ2n) is 3.36. The summed E-state index contributed by atoms with van der Waals surface area (Å²) in [5.74, 6) is 0. The Morgan fingerprint density at radius 1 is 1.47 bits per heavy atom. The SMILES string of the molecule is [CH2]CC(C)N(C=O)OCc1ccccc1. The van der Waals surface area contributed by atoms with Crippen LogP contribution in [0.15, 0.2) is 30.3 Å². The van der Waals surface area contributed by atoms with Crippen molar-refractivity contribution in [1.82, 2.24) is 5.06 Å². The molecule has 3 nitrogen and oxygen atoms in total. The number of hydroxylamine groups is 2. The molecule has 1 aromatic carbocycles. The lowest BCUT2D eigenvalue weighted by Gasteiger charge is -2.22. The van der Waals surface area contributed by atoms with E-state index in [9.17, 15) is 4.79 Å². The Morgan fingerprint density at radius 3 is 2.67 bits per heavy atom. The lowest BCUT2D eigenvalue weighted by molar-refractivity contribution is -0.190. The minimum atomic E-state index is 0.00575. The van der Waals surface area contributed by atoms with Gasteiger partial charge in [-0.25, -0.2) is 5.06 Å². The van der Waals surface area contributed by atoms with Crippen molar-refractivity contribution in [2.75, 3.05) is 0 Å². The van der Waals surface area contributed by atoms with Crippen LogP contribution < -0.4 is 0 Å². The molecule has 0 aliphatic rings. The molecule has 1 atom stereocenters. The zero-order valence-electron chi connectivity index (χ0n) is 8.93. The fourth-order valence-corrected chi connectivity index (χ4v) is 1.11. The van der Waals surface area contributed by atoms with Crippen LogP contribution in [0.3, 0.4) is 0 Å². The summed E-state index contributed by atoms with van der Waals surface area (Å²) in [5.41, 5.74) is 1.04. The number of nitrogens with zero attached hydrogens (tertiary/aromatic N) is 1. The van der Waals surface area contributed by atoms with Gasteiger partial charge in [-0.3, -0.25) is 9.63 Å². The molecular formula is C12H16NO2. The standard InChI is InChI=1S/C12H16NO2/c1-3-11(2)13(10-14)15-9-12-7-5-4-6-8-12/h4-8,10-11H,1,3,9H2,2H3. The van der Waals surface area contributed by atoms with E-state index in [2.05, 4.69) is 6.92 Å². The topological polar surface area (TPSA) is 29.5 Å². The van der Waals surface area contributed by atoms with Crippen LogP contribution in [-0.2, 0) is 16.2 Å². The second-order valence-corrected chi connectivity index (χ2v) is 3.36. The summed E-state index contributed by atoms with van der Waals surface area (Å²) < 4.78 is 0. The Hall–Kier alpha value is -1.35. The van der Waals surface area contributed by atoms with Crippen LogP contribution in [0, 0.1) is 6.92 Å². The maximum absolute atomic E-state index is 10.7. The molecule has 0 spiro atoms. The van der Waals surface area contributed by atoms with Gasteiger partial charge in [0.05, 0.1) is 6.04 Å². The molecule has 3 heteroatoms. The molecule has 1 radical (unpaired) electrons.